The molecule has 0 saturated carbocycles. The van der Waals surface area contributed by atoms with Crippen LogP contribution in [0.4, 0.5) is 0 Å². The number of aliphatic carboxylic acids is 1. The van der Waals surface area contributed by atoms with Gasteiger partial charge in [0.1, 0.15) is 0 Å². The third kappa shape index (κ3) is 5.97. The van der Waals surface area contributed by atoms with Gasteiger partial charge in [0.2, 0.25) is 0 Å². The van der Waals surface area contributed by atoms with E-state index < -0.39 is 5.97 Å². The molecule has 2 aromatic heterocycles. The molecule has 0 amide bonds. The standard InChI is InChI=1S/C12H8N2.C6H12O3.Pd/c1-3-9-5-6-11-10(4-2-7-13-11)12(9)14-8-1;7-5-3-1-2-4-6(8)9;/h1-8H;7H,1-5H2,(H,8,9);. The first-order chi connectivity index (χ1) is 11.2. The third-order valence-corrected chi connectivity index (χ3v) is 3.40. The monoisotopic (exact) mass is 418 g/mol. The van der Waals surface area contributed by atoms with Crippen LogP contribution in [0.25, 0.3) is 21.8 Å². The molecule has 0 atom stereocenters. The van der Waals surface area contributed by atoms with E-state index in [9.17, 15) is 4.79 Å². The van der Waals surface area contributed by atoms with E-state index in [2.05, 4.69) is 28.2 Å². The molecule has 3 aromatic rings. The molecule has 0 spiro atoms. The SMILES string of the molecule is O=C(O)CCCCCO.[Pd].c1cnc2c(c1)ccc1ncccc12. The fourth-order valence-electron chi connectivity index (χ4n) is 2.26. The molecule has 0 unspecified atom stereocenters. The number of rotatable bonds is 5. The van der Waals surface area contributed by atoms with Gasteiger partial charge in [-0.3, -0.25) is 14.8 Å². The van der Waals surface area contributed by atoms with Crippen molar-refractivity contribution < 1.29 is 35.4 Å². The molecule has 2 N–H and O–H groups in total. The molecule has 0 aliphatic carbocycles. The van der Waals surface area contributed by atoms with Gasteiger partial charge in [0.15, 0.2) is 0 Å². The number of pyridine rings is 2. The molecule has 0 fully saturated rings. The first kappa shape index (κ1) is 20.2. The van der Waals surface area contributed by atoms with Crippen LogP contribution in [0.1, 0.15) is 25.7 Å². The number of carboxylic acids is 1. The van der Waals surface area contributed by atoms with Crippen LogP contribution in [0.5, 0.6) is 0 Å². The Bertz CT molecular complexity index is 725. The molecule has 3 rings (SSSR count). The Morgan fingerprint density at radius 3 is 2.46 bits per heavy atom. The van der Waals surface area contributed by atoms with Crippen LogP contribution >= 0.6 is 0 Å². The van der Waals surface area contributed by atoms with Gasteiger partial charge in [-0.25, -0.2) is 0 Å². The van der Waals surface area contributed by atoms with Crippen LogP contribution < -0.4 is 0 Å². The quantitative estimate of drug-likeness (QED) is 0.377. The summed E-state index contributed by atoms with van der Waals surface area (Å²) in [6.45, 7) is 0.166. The van der Waals surface area contributed by atoms with Gasteiger partial charge in [-0.15, -0.1) is 0 Å². The van der Waals surface area contributed by atoms with E-state index >= 15 is 0 Å². The normalized spacial score (nSPS) is 9.88. The summed E-state index contributed by atoms with van der Waals surface area (Å²) in [4.78, 5) is 18.6. The van der Waals surface area contributed by atoms with Crippen LogP contribution in [0, 0.1) is 0 Å². The molecule has 1 aromatic carbocycles. The van der Waals surface area contributed by atoms with Gasteiger partial charge in [-0.1, -0.05) is 18.6 Å². The molecule has 0 radical (unpaired) electrons. The van der Waals surface area contributed by atoms with Gasteiger partial charge in [-0.05, 0) is 37.1 Å². The van der Waals surface area contributed by atoms with Gasteiger partial charge >= 0.3 is 5.97 Å². The van der Waals surface area contributed by atoms with Crippen molar-refractivity contribution in [3.63, 3.8) is 0 Å². The van der Waals surface area contributed by atoms with Crippen molar-refractivity contribution in [2.45, 2.75) is 25.7 Å². The fraction of sp³-hybridized carbons (Fsp3) is 0.278. The Morgan fingerprint density at radius 2 is 1.71 bits per heavy atom. The topological polar surface area (TPSA) is 83.3 Å². The first-order valence-electron chi connectivity index (χ1n) is 7.63. The number of aliphatic hydroxyl groups is 1. The largest absolute Gasteiger partial charge is 0.481 e. The number of benzene rings is 1. The minimum absolute atomic E-state index is 0. The van der Waals surface area contributed by atoms with Crippen molar-refractivity contribution in [1.29, 1.82) is 0 Å². The molecule has 6 heteroatoms. The summed E-state index contributed by atoms with van der Waals surface area (Å²) in [5, 5.41) is 18.7. The van der Waals surface area contributed by atoms with E-state index in [1.54, 1.807) is 6.20 Å². The minimum atomic E-state index is -0.757. The van der Waals surface area contributed by atoms with Crippen molar-refractivity contribution in [2.75, 3.05) is 6.61 Å². The smallest absolute Gasteiger partial charge is 0.303 e. The summed E-state index contributed by atoms with van der Waals surface area (Å²) in [5.41, 5.74) is 2.02. The Hall–Kier alpha value is -1.87. The number of aliphatic hydroxyl groups excluding tert-OH is 1. The molecular weight excluding hydrogens is 399 g/mol. The summed E-state index contributed by atoms with van der Waals surface area (Å²) in [5.74, 6) is -0.757. The number of carboxylic acid groups (broad SMARTS) is 1. The van der Waals surface area contributed by atoms with Crippen molar-refractivity contribution in [3.8, 4) is 0 Å². The summed E-state index contributed by atoms with van der Waals surface area (Å²) in [6.07, 6.45) is 6.04. The minimum Gasteiger partial charge on any atom is -0.481 e. The molecule has 2 heterocycles. The van der Waals surface area contributed by atoms with Crippen LogP contribution in [-0.2, 0) is 25.2 Å². The van der Waals surface area contributed by atoms with Gasteiger partial charge in [0, 0.05) is 56.6 Å². The molecule has 0 bridgehead atoms. The van der Waals surface area contributed by atoms with Gasteiger partial charge in [-0.2, -0.15) is 0 Å². The van der Waals surface area contributed by atoms with E-state index in [0.717, 1.165) is 28.2 Å². The van der Waals surface area contributed by atoms with Crippen LogP contribution in [-0.4, -0.2) is 32.8 Å². The molecular formula is C18H20N2O3Pd. The van der Waals surface area contributed by atoms with Crippen molar-refractivity contribution in [3.05, 3.63) is 48.8 Å². The molecule has 0 aliphatic rings. The predicted octanol–water partition coefficient (Wildman–Crippen LogP) is 3.40. The maximum Gasteiger partial charge on any atom is 0.303 e. The number of hydrogen-bond acceptors (Lipinski definition) is 4. The summed E-state index contributed by atoms with van der Waals surface area (Å²) in [6, 6.07) is 12.1. The molecule has 130 valence electrons. The Labute approximate surface area is 154 Å². The number of unbranched alkanes of at least 4 members (excludes halogenated alkanes) is 2. The van der Waals surface area contributed by atoms with E-state index in [4.69, 9.17) is 10.2 Å². The number of nitrogens with zero attached hydrogens (tertiary/aromatic N) is 2. The van der Waals surface area contributed by atoms with E-state index in [0.29, 0.717) is 12.8 Å². The Morgan fingerprint density at radius 1 is 0.958 bits per heavy atom. The molecule has 24 heavy (non-hydrogen) atoms. The van der Waals surface area contributed by atoms with Gasteiger partial charge in [0.05, 0.1) is 11.0 Å². The zero-order valence-corrected chi connectivity index (χ0v) is 14.7. The van der Waals surface area contributed by atoms with E-state index in [-0.39, 0.29) is 33.5 Å². The van der Waals surface area contributed by atoms with E-state index in [1.165, 1.54) is 0 Å². The van der Waals surface area contributed by atoms with Crippen molar-refractivity contribution in [2.24, 2.45) is 0 Å². The van der Waals surface area contributed by atoms with Gasteiger partial charge < -0.3 is 10.2 Å². The average Bonchev–Trinajstić information content (AvgIpc) is 2.59. The second kappa shape index (κ2) is 10.8. The second-order valence-corrected chi connectivity index (χ2v) is 5.14. The predicted molar refractivity (Wildman–Crippen MR) is 90.2 cm³/mol. The van der Waals surface area contributed by atoms with Crippen LogP contribution in [0.2, 0.25) is 0 Å². The zero-order chi connectivity index (χ0) is 16.5. The average molecular weight is 419 g/mol. The molecule has 5 nitrogen and oxygen atoms in total. The van der Waals surface area contributed by atoms with E-state index in [1.807, 2.05) is 24.4 Å². The summed E-state index contributed by atoms with van der Waals surface area (Å²) < 4.78 is 0. The number of hydrogen-bond donors (Lipinski definition) is 2. The van der Waals surface area contributed by atoms with Crippen LogP contribution in [0.3, 0.4) is 0 Å². The summed E-state index contributed by atoms with van der Waals surface area (Å²) >= 11 is 0. The second-order valence-electron chi connectivity index (χ2n) is 5.14. The van der Waals surface area contributed by atoms with Crippen molar-refractivity contribution >= 4 is 27.8 Å². The Kier molecular flexibility index (Phi) is 9.10. The number of aromatic nitrogens is 2. The number of carbonyl (C=O) groups is 1. The molecule has 0 aliphatic heterocycles. The first-order valence-corrected chi connectivity index (χ1v) is 7.63. The van der Waals surface area contributed by atoms with Crippen LogP contribution in [0.15, 0.2) is 48.8 Å². The molecule has 0 saturated heterocycles. The summed E-state index contributed by atoms with van der Waals surface area (Å²) in [7, 11) is 0. The zero-order valence-electron chi connectivity index (χ0n) is 13.2. The van der Waals surface area contributed by atoms with Gasteiger partial charge in [0.25, 0.3) is 0 Å². The fourth-order valence-corrected chi connectivity index (χ4v) is 2.26. The third-order valence-electron chi connectivity index (χ3n) is 3.40. The maximum absolute atomic E-state index is 9.90. The maximum atomic E-state index is 9.90. The Balaban J connectivity index is 0.000000256. The van der Waals surface area contributed by atoms with Crippen molar-refractivity contribution in [1.82, 2.24) is 9.97 Å². The number of fused-ring (bicyclic) bond motifs is 3.